The molecule has 2 aromatic rings. The van der Waals surface area contributed by atoms with Crippen LogP contribution in [0, 0.1) is 13.8 Å². The Morgan fingerprint density at radius 1 is 1.25 bits per heavy atom. The van der Waals surface area contributed by atoms with Gasteiger partial charge in [-0.25, -0.2) is 0 Å². The zero-order valence-electron chi connectivity index (χ0n) is 11.6. The normalized spacial score (nSPS) is 10.3. The highest BCUT2D eigenvalue weighted by molar-refractivity contribution is 5.99. The number of nitrogen functional groups attached to an aromatic ring is 1. The molecule has 1 aromatic heterocycles. The largest absolute Gasteiger partial charge is 0.399 e. The van der Waals surface area contributed by atoms with E-state index in [4.69, 9.17) is 11.5 Å². The molecule has 0 aliphatic carbocycles. The van der Waals surface area contributed by atoms with Crippen molar-refractivity contribution in [2.45, 2.75) is 20.4 Å². The zero-order valence-corrected chi connectivity index (χ0v) is 11.6. The maximum absolute atomic E-state index is 11.5. The third-order valence-corrected chi connectivity index (χ3v) is 3.04. The van der Waals surface area contributed by atoms with Gasteiger partial charge in [0.2, 0.25) is 0 Å². The number of nitrogens with two attached hydrogens (primary N) is 2. The third kappa shape index (κ3) is 3.06. The van der Waals surface area contributed by atoms with Gasteiger partial charge in [-0.05, 0) is 37.6 Å². The van der Waals surface area contributed by atoms with Gasteiger partial charge in [0.05, 0.1) is 16.9 Å². The van der Waals surface area contributed by atoms with Gasteiger partial charge in [-0.1, -0.05) is 12.1 Å². The molecule has 0 saturated carbocycles. The van der Waals surface area contributed by atoms with Gasteiger partial charge in [-0.15, -0.1) is 0 Å². The standard InChI is InChI=1S/C15H18N4O/c1-9-7-13(14(15(17)20)10(2)19-9)18-8-11-3-5-12(16)6-4-11/h3-7H,8,16H2,1-2H3,(H2,17,20)(H,18,19). The number of rotatable bonds is 4. The van der Waals surface area contributed by atoms with Gasteiger partial charge in [0.25, 0.3) is 5.91 Å². The zero-order chi connectivity index (χ0) is 14.7. The van der Waals surface area contributed by atoms with Crippen molar-refractivity contribution < 1.29 is 4.79 Å². The van der Waals surface area contributed by atoms with E-state index in [1.807, 2.05) is 37.3 Å². The molecular formula is C15H18N4O. The number of hydrogen-bond acceptors (Lipinski definition) is 4. The summed E-state index contributed by atoms with van der Waals surface area (Å²) in [5.74, 6) is -0.477. The number of anilines is 2. The molecule has 0 unspecified atom stereocenters. The first-order valence-corrected chi connectivity index (χ1v) is 6.33. The average Bonchev–Trinajstić information content (AvgIpc) is 2.36. The van der Waals surface area contributed by atoms with Gasteiger partial charge in [0.15, 0.2) is 0 Å². The first kappa shape index (κ1) is 13.9. The second-order valence-electron chi connectivity index (χ2n) is 4.73. The maximum atomic E-state index is 11.5. The van der Waals surface area contributed by atoms with E-state index < -0.39 is 5.91 Å². The van der Waals surface area contributed by atoms with Crippen LogP contribution in [-0.2, 0) is 6.54 Å². The van der Waals surface area contributed by atoms with Gasteiger partial charge in [-0.2, -0.15) is 0 Å². The topological polar surface area (TPSA) is 94.0 Å². The van der Waals surface area contributed by atoms with Crippen LogP contribution in [0.5, 0.6) is 0 Å². The van der Waals surface area contributed by atoms with Crippen molar-refractivity contribution in [3.05, 3.63) is 52.8 Å². The fourth-order valence-electron chi connectivity index (χ4n) is 2.11. The molecule has 5 N–H and O–H groups in total. The second-order valence-corrected chi connectivity index (χ2v) is 4.73. The lowest BCUT2D eigenvalue weighted by Crippen LogP contribution is -2.17. The van der Waals surface area contributed by atoms with Crippen molar-refractivity contribution in [2.75, 3.05) is 11.1 Å². The smallest absolute Gasteiger partial charge is 0.252 e. The number of nitrogens with one attached hydrogen (secondary N) is 1. The summed E-state index contributed by atoms with van der Waals surface area (Å²) in [7, 11) is 0. The van der Waals surface area contributed by atoms with Crippen molar-refractivity contribution in [1.29, 1.82) is 0 Å². The Hall–Kier alpha value is -2.56. The highest BCUT2D eigenvalue weighted by Crippen LogP contribution is 2.20. The molecule has 5 nitrogen and oxygen atoms in total. The van der Waals surface area contributed by atoms with Crippen molar-refractivity contribution in [1.82, 2.24) is 4.98 Å². The predicted molar refractivity (Wildman–Crippen MR) is 80.4 cm³/mol. The van der Waals surface area contributed by atoms with Crippen molar-refractivity contribution >= 4 is 17.3 Å². The average molecular weight is 270 g/mol. The number of carbonyl (C=O) groups is 1. The summed E-state index contributed by atoms with van der Waals surface area (Å²) in [4.78, 5) is 15.8. The molecule has 0 fully saturated rings. The molecule has 104 valence electrons. The van der Waals surface area contributed by atoms with E-state index in [0.717, 1.165) is 16.9 Å². The summed E-state index contributed by atoms with van der Waals surface area (Å²) in [6.07, 6.45) is 0. The summed E-state index contributed by atoms with van der Waals surface area (Å²) in [6, 6.07) is 9.38. The van der Waals surface area contributed by atoms with Gasteiger partial charge in [0, 0.05) is 17.9 Å². The molecule has 1 aromatic carbocycles. The minimum atomic E-state index is -0.477. The quantitative estimate of drug-likeness (QED) is 0.740. The van der Waals surface area contributed by atoms with Crippen LogP contribution in [0.3, 0.4) is 0 Å². The summed E-state index contributed by atoms with van der Waals surface area (Å²) < 4.78 is 0. The number of pyridine rings is 1. The minimum absolute atomic E-state index is 0.436. The Morgan fingerprint density at radius 3 is 2.50 bits per heavy atom. The predicted octanol–water partition coefficient (Wildman–Crippen LogP) is 1.99. The number of benzene rings is 1. The van der Waals surface area contributed by atoms with E-state index in [9.17, 15) is 4.79 Å². The van der Waals surface area contributed by atoms with Crippen LogP contribution in [0.2, 0.25) is 0 Å². The number of primary amides is 1. The molecule has 0 atom stereocenters. The van der Waals surface area contributed by atoms with Gasteiger partial charge >= 0.3 is 0 Å². The minimum Gasteiger partial charge on any atom is -0.399 e. The maximum Gasteiger partial charge on any atom is 0.252 e. The van der Waals surface area contributed by atoms with Crippen LogP contribution >= 0.6 is 0 Å². The number of amides is 1. The second kappa shape index (κ2) is 5.61. The van der Waals surface area contributed by atoms with Crippen LogP contribution in [0.25, 0.3) is 0 Å². The number of aromatic nitrogens is 1. The molecule has 0 radical (unpaired) electrons. The molecule has 0 bridgehead atoms. The highest BCUT2D eigenvalue weighted by atomic mass is 16.1. The van der Waals surface area contributed by atoms with Crippen molar-refractivity contribution in [2.24, 2.45) is 5.73 Å². The summed E-state index contributed by atoms with van der Waals surface area (Å²) in [5.41, 5.74) is 15.5. The van der Waals surface area contributed by atoms with Crippen molar-refractivity contribution in [3.8, 4) is 0 Å². The SMILES string of the molecule is Cc1cc(NCc2ccc(N)cc2)c(C(N)=O)c(C)n1. The van der Waals surface area contributed by atoms with Crippen LogP contribution in [0.15, 0.2) is 30.3 Å². The fourth-order valence-corrected chi connectivity index (χ4v) is 2.11. The molecule has 1 heterocycles. The Balaban J connectivity index is 2.24. The van der Waals surface area contributed by atoms with E-state index in [0.29, 0.717) is 23.5 Å². The molecule has 20 heavy (non-hydrogen) atoms. The Bertz CT molecular complexity index is 635. The first-order valence-electron chi connectivity index (χ1n) is 6.33. The highest BCUT2D eigenvalue weighted by Gasteiger charge is 2.13. The number of hydrogen-bond donors (Lipinski definition) is 3. The first-order chi connectivity index (χ1) is 9.47. The van der Waals surface area contributed by atoms with Crippen LogP contribution in [0.4, 0.5) is 11.4 Å². The molecular weight excluding hydrogens is 252 g/mol. The van der Waals surface area contributed by atoms with Crippen LogP contribution in [-0.4, -0.2) is 10.9 Å². The Kier molecular flexibility index (Phi) is 3.89. The van der Waals surface area contributed by atoms with Gasteiger partial charge in [0.1, 0.15) is 0 Å². The fraction of sp³-hybridized carbons (Fsp3) is 0.200. The molecule has 0 saturated heterocycles. The molecule has 1 amide bonds. The van der Waals surface area contributed by atoms with Gasteiger partial charge in [-0.3, -0.25) is 9.78 Å². The molecule has 0 aliphatic heterocycles. The Labute approximate surface area is 118 Å². The molecule has 0 spiro atoms. The van der Waals surface area contributed by atoms with Gasteiger partial charge < -0.3 is 16.8 Å². The van der Waals surface area contributed by atoms with Crippen LogP contribution in [0.1, 0.15) is 27.3 Å². The van der Waals surface area contributed by atoms with E-state index >= 15 is 0 Å². The summed E-state index contributed by atoms with van der Waals surface area (Å²) in [5, 5.41) is 3.23. The van der Waals surface area contributed by atoms with E-state index in [2.05, 4.69) is 10.3 Å². The lowest BCUT2D eigenvalue weighted by atomic mass is 10.1. The molecule has 2 rings (SSSR count). The third-order valence-electron chi connectivity index (χ3n) is 3.04. The van der Waals surface area contributed by atoms with E-state index in [-0.39, 0.29) is 0 Å². The lowest BCUT2D eigenvalue weighted by molar-refractivity contribution is 0.1000. The summed E-state index contributed by atoms with van der Waals surface area (Å²) >= 11 is 0. The van der Waals surface area contributed by atoms with Crippen LogP contribution < -0.4 is 16.8 Å². The molecule has 0 aliphatic rings. The van der Waals surface area contributed by atoms with Crippen molar-refractivity contribution in [3.63, 3.8) is 0 Å². The number of nitrogens with zero attached hydrogens (tertiary/aromatic N) is 1. The lowest BCUT2D eigenvalue weighted by Gasteiger charge is -2.13. The number of carbonyl (C=O) groups excluding carboxylic acids is 1. The van der Waals surface area contributed by atoms with E-state index in [1.165, 1.54) is 0 Å². The Morgan fingerprint density at radius 2 is 1.90 bits per heavy atom. The monoisotopic (exact) mass is 270 g/mol. The number of aryl methyl sites for hydroxylation is 2. The van der Waals surface area contributed by atoms with E-state index in [1.54, 1.807) is 6.92 Å². The summed E-state index contributed by atoms with van der Waals surface area (Å²) in [6.45, 7) is 4.25. The molecule has 5 heteroatoms.